The lowest BCUT2D eigenvalue weighted by Crippen LogP contribution is -2.19. The lowest BCUT2D eigenvalue weighted by atomic mass is 10.2. The molecule has 2 aromatic carbocycles. The van der Waals surface area contributed by atoms with E-state index in [0.29, 0.717) is 22.2 Å². The predicted molar refractivity (Wildman–Crippen MR) is 99.9 cm³/mol. The van der Waals surface area contributed by atoms with Crippen molar-refractivity contribution in [3.05, 3.63) is 53.2 Å². The molecule has 1 amide bonds. The molecule has 0 fully saturated rings. The first-order valence-electron chi connectivity index (χ1n) is 7.79. The molecule has 0 saturated heterocycles. The summed E-state index contributed by atoms with van der Waals surface area (Å²) in [6.45, 7) is 2.18. The maximum atomic E-state index is 12.5. The Labute approximate surface area is 151 Å². The van der Waals surface area contributed by atoms with Gasteiger partial charge in [0.05, 0.1) is 24.9 Å². The second-order valence-electron chi connectivity index (χ2n) is 5.67. The number of hydrogen-bond acceptors (Lipinski definition) is 3. The molecule has 0 atom stereocenters. The third-order valence-electron chi connectivity index (χ3n) is 4.07. The highest BCUT2D eigenvalue weighted by atomic mass is 35.5. The Balaban J connectivity index is 1.85. The van der Waals surface area contributed by atoms with E-state index < -0.39 is 0 Å². The van der Waals surface area contributed by atoms with Gasteiger partial charge >= 0.3 is 0 Å². The average molecular weight is 359 g/mol. The van der Waals surface area contributed by atoms with Gasteiger partial charge in [-0.3, -0.25) is 4.79 Å². The molecule has 6 heteroatoms. The summed E-state index contributed by atoms with van der Waals surface area (Å²) in [4.78, 5) is 12.5. The molecule has 3 rings (SSSR count). The lowest BCUT2D eigenvalue weighted by Gasteiger charge is -2.14. The molecule has 0 bridgehead atoms. The number of aryl methyl sites for hydroxylation is 1. The Bertz CT molecular complexity index is 934. The maximum Gasteiger partial charge on any atom is 0.244 e. The zero-order chi connectivity index (χ0) is 18.0. The van der Waals surface area contributed by atoms with Crippen LogP contribution in [0.2, 0.25) is 5.02 Å². The Morgan fingerprint density at radius 1 is 1.12 bits per heavy atom. The first-order valence-corrected chi connectivity index (χ1v) is 8.17. The Morgan fingerprint density at radius 2 is 1.84 bits per heavy atom. The Kier molecular flexibility index (Phi) is 4.86. The van der Waals surface area contributed by atoms with Crippen LogP contribution in [0.3, 0.4) is 0 Å². The van der Waals surface area contributed by atoms with Gasteiger partial charge in [0.2, 0.25) is 5.91 Å². The minimum Gasteiger partial charge on any atom is -0.495 e. The van der Waals surface area contributed by atoms with Gasteiger partial charge in [-0.05, 0) is 30.5 Å². The quantitative estimate of drug-likeness (QED) is 0.741. The van der Waals surface area contributed by atoms with E-state index in [9.17, 15) is 4.79 Å². The largest absolute Gasteiger partial charge is 0.495 e. The molecular weight excluding hydrogens is 340 g/mol. The van der Waals surface area contributed by atoms with Gasteiger partial charge in [-0.1, -0.05) is 29.8 Å². The molecule has 0 aliphatic carbocycles. The van der Waals surface area contributed by atoms with Crippen molar-refractivity contribution in [3.8, 4) is 11.5 Å². The molecule has 0 aliphatic rings. The number of nitrogens with one attached hydrogen (secondary N) is 1. The highest BCUT2D eigenvalue weighted by molar-refractivity contribution is 6.32. The smallest absolute Gasteiger partial charge is 0.244 e. The normalized spacial score (nSPS) is 10.7. The molecule has 1 N–H and O–H groups in total. The third kappa shape index (κ3) is 3.42. The van der Waals surface area contributed by atoms with Crippen LogP contribution in [0.25, 0.3) is 10.9 Å². The van der Waals surface area contributed by atoms with Gasteiger partial charge in [0, 0.05) is 17.3 Å². The number of carbonyl (C=O) groups is 1. The zero-order valence-corrected chi connectivity index (χ0v) is 15.1. The first kappa shape index (κ1) is 17.2. The van der Waals surface area contributed by atoms with Gasteiger partial charge in [0.15, 0.2) is 0 Å². The molecule has 1 aromatic heterocycles. The van der Waals surface area contributed by atoms with Crippen molar-refractivity contribution in [2.45, 2.75) is 13.5 Å². The van der Waals surface area contributed by atoms with Crippen molar-refractivity contribution in [3.63, 3.8) is 0 Å². The van der Waals surface area contributed by atoms with Crippen molar-refractivity contribution >= 4 is 34.1 Å². The van der Waals surface area contributed by atoms with Crippen molar-refractivity contribution in [1.82, 2.24) is 4.57 Å². The predicted octanol–water partition coefficient (Wildman–Crippen LogP) is 4.26. The van der Waals surface area contributed by atoms with Crippen LogP contribution < -0.4 is 14.8 Å². The van der Waals surface area contributed by atoms with Crippen LogP contribution in [0.1, 0.15) is 5.69 Å². The van der Waals surface area contributed by atoms with E-state index in [1.54, 1.807) is 12.1 Å². The number of carbonyl (C=O) groups excluding carboxylic acids is 1. The molecule has 0 unspecified atom stereocenters. The molecule has 0 radical (unpaired) electrons. The van der Waals surface area contributed by atoms with Crippen molar-refractivity contribution in [2.75, 3.05) is 19.5 Å². The van der Waals surface area contributed by atoms with E-state index >= 15 is 0 Å². The van der Waals surface area contributed by atoms with Gasteiger partial charge < -0.3 is 19.4 Å². The van der Waals surface area contributed by atoms with Gasteiger partial charge in [0.1, 0.15) is 18.0 Å². The molecule has 0 aliphatic heterocycles. The number of ether oxygens (including phenoxy) is 2. The van der Waals surface area contributed by atoms with E-state index in [4.69, 9.17) is 21.1 Å². The molecule has 25 heavy (non-hydrogen) atoms. The number of methoxy groups -OCH3 is 2. The number of para-hydroxylation sites is 1. The fraction of sp³-hybridized carbons (Fsp3) is 0.211. The number of aromatic nitrogens is 1. The second-order valence-corrected chi connectivity index (χ2v) is 6.07. The van der Waals surface area contributed by atoms with Crippen LogP contribution in [0.4, 0.5) is 5.69 Å². The second kappa shape index (κ2) is 7.07. The van der Waals surface area contributed by atoms with Crippen LogP contribution in [0.5, 0.6) is 11.5 Å². The van der Waals surface area contributed by atoms with Gasteiger partial charge in [-0.25, -0.2) is 0 Å². The molecular formula is C19H19ClN2O3. The Hall–Kier alpha value is -2.66. The topological polar surface area (TPSA) is 52.5 Å². The summed E-state index contributed by atoms with van der Waals surface area (Å²) in [6.07, 6.45) is 0. The van der Waals surface area contributed by atoms with E-state index in [1.165, 1.54) is 14.2 Å². The summed E-state index contributed by atoms with van der Waals surface area (Å²) in [5.41, 5.74) is 2.55. The van der Waals surface area contributed by atoms with Gasteiger partial charge in [0.25, 0.3) is 0 Å². The van der Waals surface area contributed by atoms with Crippen LogP contribution in [-0.4, -0.2) is 24.7 Å². The minimum absolute atomic E-state index is 0.163. The zero-order valence-electron chi connectivity index (χ0n) is 14.3. The SMILES string of the molecule is COc1cc(OC)c(NC(=O)Cn2c(C)cc3ccccc32)cc1Cl. The van der Waals surface area contributed by atoms with E-state index in [0.717, 1.165) is 16.6 Å². The number of rotatable bonds is 5. The standard InChI is InChI=1S/C19H19ClN2O3/c1-12-8-13-6-4-5-7-16(13)22(12)11-19(23)21-15-9-14(20)17(24-2)10-18(15)25-3/h4-10H,11H2,1-3H3,(H,21,23). The third-order valence-corrected chi connectivity index (χ3v) is 4.36. The highest BCUT2D eigenvalue weighted by Gasteiger charge is 2.14. The summed E-state index contributed by atoms with van der Waals surface area (Å²) < 4.78 is 12.5. The monoisotopic (exact) mass is 358 g/mol. The van der Waals surface area contributed by atoms with Gasteiger partial charge in [-0.2, -0.15) is 0 Å². The summed E-state index contributed by atoms with van der Waals surface area (Å²) in [5.74, 6) is 0.816. The number of anilines is 1. The summed E-state index contributed by atoms with van der Waals surface area (Å²) in [6, 6.07) is 13.3. The first-order chi connectivity index (χ1) is 12.0. The van der Waals surface area contributed by atoms with E-state index in [-0.39, 0.29) is 12.5 Å². The summed E-state index contributed by atoms with van der Waals surface area (Å²) in [7, 11) is 3.06. The highest BCUT2D eigenvalue weighted by Crippen LogP contribution is 2.35. The summed E-state index contributed by atoms with van der Waals surface area (Å²) in [5, 5.41) is 4.37. The molecule has 0 saturated carbocycles. The molecule has 1 heterocycles. The van der Waals surface area contributed by atoms with Gasteiger partial charge in [-0.15, -0.1) is 0 Å². The minimum atomic E-state index is -0.163. The van der Waals surface area contributed by atoms with Crippen LogP contribution >= 0.6 is 11.6 Å². The van der Waals surface area contributed by atoms with Crippen LogP contribution in [-0.2, 0) is 11.3 Å². The number of fused-ring (bicyclic) bond motifs is 1. The Morgan fingerprint density at radius 3 is 2.56 bits per heavy atom. The van der Waals surface area contributed by atoms with E-state index in [1.807, 2.05) is 35.8 Å². The van der Waals surface area contributed by atoms with Crippen molar-refractivity contribution < 1.29 is 14.3 Å². The average Bonchev–Trinajstić information content (AvgIpc) is 2.91. The lowest BCUT2D eigenvalue weighted by molar-refractivity contribution is -0.116. The fourth-order valence-corrected chi connectivity index (χ4v) is 3.09. The van der Waals surface area contributed by atoms with Crippen LogP contribution in [0.15, 0.2) is 42.5 Å². The number of benzene rings is 2. The number of nitrogens with zero attached hydrogens (tertiary/aromatic N) is 1. The fourth-order valence-electron chi connectivity index (χ4n) is 2.85. The number of halogens is 1. The van der Waals surface area contributed by atoms with Crippen LogP contribution in [0, 0.1) is 6.92 Å². The molecule has 0 spiro atoms. The molecule has 3 aromatic rings. The number of hydrogen-bond donors (Lipinski definition) is 1. The van der Waals surface area contributed by atoms with Crippen molar-refractivity contribution in [2.24, 2.45) is 0 Å². The maximum absolute atomic E-state index is 12.5. The number of amides is 1. The summed E-state index contributed by atoms with van der Waals surface area (Å²) >= 11 is 6.15. The molecule has 130 valence electrons. The van der Waals surface area contributed by atoms with Crippen molar-refractivity contribution in [1.29, 1.82) is 0 Å². The van der Waals surface area contributed by atoms with E-state index in [2.05, 4.69) is 11.4 Å². The molecule has 5 nitrogen and oxygen atoms in total.